The summed E-state index contributed by atoms with van der Waals surface area (Å²) >= 11 is 0. The van der Waals surface area contributed by atoms with E-state index in [0.717, 1.165) is 11.3 Å². The van der Waals surface area contributed by atoms with Crippen molar-refractivity contribution in [2.75, 3.05) is 11.9 Å². The lowest BCUT2D eigenvalue weighted by Crippen LogP contribution is -2.32. The topological polar surface area (TPSA) is 47.6 Å². The summed E-state index contributed by atoms with van der Waals surface area (Å²) in [5, 5.41) is 2.88. The summed E-state index contributed by atoms with van der Waals surface area (Å²) in [4.78, 5) is 12.4. The maximum atomic E-state index is 12.4. The molecule has 0 aliphatic carbocycles. The minimum atomic E-state index is -0.535. The molecule has 1 amide bonds. The van der Waals surface area contributed by atoms with E-state index >= 15 is 0 Å². The molecular weight excluding hydrogens is 290 g/mol. The maximum Gasteiger partial charge on any atom is 0.265 e. The zero-order valence-electron chi connectivity index (χ0n) is 13.8. The van der Waals surface area contributed by atoms with Crippen molar-refractivity contribution in [3.63, 3.8) is 0 Å². The van der Waals surface area contributed by atoms with Crippen LogP contribution in [0.1, 0.15) is 25.8 Å². The summed E-state index contributed by atoms with van der Waals surface area (Å²) < 4.78 is 11.3. The normalized spacial score (nSPS) is 11.6. The number of aryl methyl sites for hydroxylation is 1. The molecule has 0 fully saturated rings. The van der Waals surface area contributed by atoms with Gasteiger partial charge in [-0.1, -0.05) is 25.1 Å². The molecule has 122 valence electrons. The quantitative estimate of drug-likeness (QED) is 0.833. The van der Waals surface area contributed by atoms with E-state index in [2.05, 4.69) is 5.32 Å². The Morgan fingerprint density at radius 2 is 1.83 bits per heavy atom. The number of benzene rings is 2. The monoisotopic (exact) mass is 313 g/mol. The second-order valence-corrected chi connectivity index (χ2v) is 5.28. The summed E-state index contributed by atoms with van der Waals surface area (Å²) in [6.45, 7) is 6.43. The molecule has 0 spiro atoms. The second-order valence-electron chi connectivity index (χ2n) is 5.28. The largest absolute Gasteiger partial charge is 0.494 e. The highest BCUT2D eigenvalue weighted by Gasteiger charge is 2.18. The van der Waals surface area contributed by atoms with Crippen LogP contribution in [0.3, 0.4) is 0 Å². The Kier molecular flexibility index (Phi) is 6.03. The van der Waals surface area contributed by atoms with Gasteiger partial charge >= 0.3 is 0 Å². The molecular formula is C19H23NO3. The van der Waals surface area contributed by atoms with Crippen molar-refractivity contribution in [1.29, 1.82) is 0 Å². The van der Waals surface area contributed by atoms with Crippen LogP contribution in [0.25, 0.3) is 0 Å². The average molecular weight is 313 g/mol. The molecule has 23 heavy (non-hydrogen) atoms. The number of carbonyl (C=O) groups excluding carboxylic acids is 1. The Hall–Kier alpha value is -2.49. The van der Waals surface area contributed by atoms with Gasteiger partial charge in [0.2, 0.25) is 0 Å². The van der Waals surface area contributed by atoms with Gasteiger partial charge in [-0.05, 0) is 50.1 Å². The molecule has 0 saturated carbocycles. The number of anilines is 1. The van der Waals surface area contributed by atoms with Crippen LogP contribution >= 0.6 is 0 Å². The molecule has 0 aromatic heterocycles. The smallest absolute Gasteiger partial charge is 0.265 e. The van der Waals surface area contributed by atoms with Crippen LogP contribution in [0, 0.1) is 6.92 Å². The molecule has 1 N–H and O–H groups in total. The molecule has 4 nitrogen and oxygen atoms in total. The highest BCUT2D eigenvalue weighted by atomic mass is 16.5. The molecule has 1 atom stereocenters. The molecule has 2 aromatic carbocycles. The van der Waals surface area contributed by atoms with Gasteiger partial charge in [-0.15, -0.1) is 0 Å². The van der Waals surface area contributed by atoms with Crippen LogP contribution in [-0.2, 0) is 4.79 Å². The van der Waals surface area contributed by atoms with E-state index in [9.17, 15) is 4.79 Å². The molecule has 0 saturated heterocycles. The van der Waals surface area contributed by atoms with Crippen molar-refractivity contribution in [1.82, 2.24) is 0 Å². The zero-order valence-corrected chi connectivity index (χ0v) is 13.8. The Morgan fingerprint density at radius 1 is 1.09 bits per heavy atom. The van der Waals surface area contributed by atoms with E-state index in [4.69, 9.17) is 9.47 Å². The third-order valence-corrected chi connectivity index (χ3v) is 3.34. The number of ether oxygens (including phenoxy) is 2. The molecule has 0 heterocycles. The van der Waals surface area contributed by atoms with E-state index < -0.39 is 6.10 Å². The van der Waals surface area contributed by atoms with Crippen molar-refractivity contribution in [2.45, 2.75) is 33.3 Å². The number of amides is 1. The van der Waals surface area contributed by atoms with Crippen LogP contribution in [-0.4, -0.2) is 18.6 Å². The fraction of sp³-hybridized carbons (Fsp3) is 0.316. The first-order valence-corrected chi connectivity index (χ1v) is 7.89. The first-order valence-electron chi connectivity index (χ1n) is 7.89. The van der Waals surface area contributed by atoms with Gasteiger partial charge in [0.05, 0.1) is 6.61 Å². The van der Waals surface area contributed by atoms with Crippen LogP contribution in [0.15, 0.2) is 48.5 Å². The summed E-state index contributed by atoms with van der Waals surface area (Å²) in [6, 6.07) is 15.0. The van der Waals surface area contributed by atoms with Crippen LogP contribution < -0.4 is 14.8 Å². The molecule has 0 bridgehead atoms. The highest BCUT2D eigenvalue weighted by Crippen LogP contribution is 2.19. The predicted molar refractivity (Wildman–Crippen MR) is 92.1 cm³/mol. The van der Waals surface area contributed by atoms with Crippen molar-refractivity contribution in [3.05, 3.63) is 54.1 Å². The van der Waals surface area contributed by atoms with E-state index in [1.165, 1.54) is 0 Å². The third-order valence-electron chi connectivity index (χ3n) is 3.34. The first kappa shape index (κ1) is 16.9. The number of nitrogens with one attached hydrogen (secondary N) is 1. The van der Waals surface area contributed by atoms with E-state index in [1.807, 2.05) is 63.2 Å². The molecule has 0 radical (unpaired) electrons. The van der Waals surface area contributed by atoms with Crippen LogP contribution in [0.2, 0.25) is 0 Å². The van der Waals surface area contributed by atoms with Gasteiger partial charge in [0.25, 0.3) is 5.91 Å². The molecule has 4 heteroatoms. The van der Waals surface area contributed by atoms with Crippen molar-refractivity contribution in [2.24, 2.45) is 0 Å². The van der Waals surface area contributed by atoms with E-state index in [1.54, 1.807) is 6.07 Å². The zero-order chi connectivity index (χ0) is 16.7. The van der Waals surface area contributed by atoms with Crippen LogP contribution in [0.4, 0.5) is 5.69 Å². The average Bonchev–Trinajstić information content (AvgIpc) is 2.53. The summed E-state index contributed by atoms with van der Waals surface area (Å²) in [5.74, 6) is 1.27. The van der Waals surface area contributed by atoms with Gasteiger partial charge in [0.1, 0.15) is 11.5 Å². The van der Waals surface area contributed by atoms with Gasteiger partial charge in [-0.2, -0.15) is 0 Å². The van der Waals surface area contributed by atoms with E-state index in [-0.39, 0.29) is 5.91 Å². The van der Waals surface area contributed by atoms with Crippen molar-refractivity contribution >= 4 is 11.6 Å². The number of hydrogen-bond acceptors (Lipinski definition) is 3. The molecule has 2 rings (SSSR count). The number of hydrogen-bond donors (Lipinski definition) is 1. The van der Waals surface area contributed by atoms with Gasteiger partial charge in [0.15, 0.2) is 6.10 Å². The molecule has 2 aromatic rings. The van der Waals surface area contributed by atoms with Gasteiger partial charge in [-0.25, -0.2) is 0 Å². The Morgan fingerprint density at radius 3 is 2.52 bits per heavy atom. The third kappa shape index (κ3) is 5.02. The molecule has 0 aliphatic rings. The number of carbonyl (C=O) groups is 1. The second kappa shape index (κ2) is 8.22. The maximum absolute atomic E-state index is 12.4. The van der Waals surface area contributed by atoms with Gasteiger partial charge < -0.3 is 14.8 Å². The van der Waals surface area contributed by atoms with Gasteiger partial charge in [0, 0.05) is 11.8 Å². The molecule has 0 aliphatic heterocycles. The Labute approximate surface area is 137 Å². The Bertz CT molecular complexity index is 655. The lowest BCUT2D eigenvalue weighted by atomic mass is 10.2. The summed E-state index contributed by atoms with van der Waals surface area (Å²) in [5.41, 5.74) is 1.80. The van der Waals surface area contributed by atoms with Gasteiger partial charge in [-0.3, -0.25) is 4.79 Å². The highest BCUT2D eigenvalue weighted by molar-refractivity contribution is 5.94. The predicted octanol–water partition coefficient (Wildman–Crippen LogP) is 4.19. The summed E-state index contributed by atoms with van der Waals surface area (Å²) in [6.07, 6.45) is 0.0535. The standard InChI is InChI=1S/C19H23NO3/c1-4-18(23-17-11-6-8-14(3)12-17)19(21)20-15-9-7-10-16(13-15)22-5-2/h6-13,18H,4-5H2,1-3H3,(H,20,21)/t18-/m0/s1. The van der Waals surface area contributed by atoms with Crippen LogP contribution in [0.5, 0.6) is 11.5 Å². The SMILES string of the molecule is CCOc1cccc(NC(=O)[C@H](CC)Oc2cccc(C)c2)c1. The fourth-order valence-electron chi connectivity index (χ4n) is 2.23. The van der Waals surface area contributed by atoms with Crippen molar-refractivity contribution < 1.29 is 14.3 Å². The minimum absolute atomic E-state index is 0.164. The van der Waals surface area contributed by atoms with Crippen molar-refractivity contribution in [3.8, 4) is 11.5 Å². The minimum Gasteiger partial charge on any atom is -0.494 e. The lowest BCUT2D eigenvalue weighted by Gasteiger charge is -2.18. The lowest BCUT2D eigenvalue weighted by molar-refractivity contribution is -0.122. The Balaban J connectivity index is 2.03. The summed E-state index contributed by atoms with van der Waals surface area (Å²) in [7, 11) is 0. The first-order chi connectivity index (χ1) is 11.1. The fourth-order valence-corrected chi connectivity index (χ4v) is 2.23. The van der Waals surface area contributed by atoms with E-state index in [0.29, 0.717) is 24.5 Å². The number of rotatable bonds is 7. The molecule has 0 unspecified atom stereocenters.